The molecule has 0 aliphatic carbocycles. The van der Waals surface area contributed by atoms with Gasteiger partial charge in [-0.3, -0.25) is 19.3 Å². The first kappa shape index (κ1) is 21.8. The highest BCUT2D eigenvalue weighted by atomic mass is 35.5. The van der Waals surface area contributed by atoms with Crippen LogP contribution < -0.4 is 15.5 Å². The Hall–Kier alpha value is -2.90. The minimum atomic E-state index is -0.294. The molecule has 0 radical (unpaired) electrons. The van der Waals surface area contributed by atoms with E-state index in [-0.39, 0.29) is 43.3 Å². The number of carbonyl (C=O) groups excluding carboxylic acids is 3. The maximum atomic E-state index is 13.1. The minimum absolute atomic E-state index is 0.0365. The molecule has 30 heavy (non-hydrogen) atoms. The smallest absolute Gasteiger partial charge is 0.241 e. The Bertz CT molecular complexity index is 979. The molecule has 1 atom stereocenters. The van der Waals surface area contributed by atoms with Gasteiger partial charge in [-0.25, -0.2) is 0 Å². The first-order chi connectivity index (χ1) is 14.2. The molecule has 0 spiro atoms. The van der Waals surface area contributed by atoms with Crippen molar-refractivity contribution in [2.75, 3.05) is 35.7 Å². The van der Waals surface area contributed by atoms with Crippen molar-refractivity contribution in [3.8, 4) is 0 Å². The lowest BCUT2D eigenvalue weighted by Gasteiger charge is -2.29. The fourth-order valence-electron chi connectivity index (χ4n) is 3.49. The first-order valence-corrected chi connectivity index (χ1v) is 10.1. The second-order valence-corrected chi connectivity index (χ2v) is 8.00. The molecular formula is C22H25ClN4O3. The molecule has 3 amide bonds. The molecule has 1 aliphatic rings. The predicted octanol–water partition coefficient (Wildman–Crippen LogP) is 3.28. The van der Waals surface area contributed by atoms with Gasteiger partial charge in [0.05, 0.1) is 24.5 Å². The van der Waals surface area contributed by atoms with E-state index in [1.165, 1.54) is 0 Å². The maximum absolute atomic E-state index is 13.1. The molecule has 0 aromatic heterocycles. The molecule has 0 fully saturated rings. The van der Waals surface area contributed by atoms with E-state index in [0.717, 1.165) is 5.56 Å². The number of rotatable bonds is 5. The standard InChI is InChI=1S/C22H25ClN4O3/c1-14-8-9-16(23)11-18(14)25-21(29)12-26(3)13-22(30)27-15(2)10-20(28)24-17-6-4-5-7-19(17)27/h4-9,11,15H,10,12-13H2,1-3H3,(H,24,28)(H,25,29)/t15-/m1/s1. The Balaban J connectivity index is 1.67. The van der Waals surface area contributed by atoms with Crippen molar-refractivity contribution in [2.45, 2.75) is 26.3 Å². The van der Waals surface area contributed by atoms with Crippen LogP contribution in [0.25, 0.3) is 0 Å². The van der Waals surface area contributed by atoms with E-state index in [1.807, 2.05) is 38.1 Å². The third-order valence-corrected chi connectivity index (χ3v) is 5.16. The van der Waals surface area contributed by atoms with Crippen LogP contribution in [0.2, 0.25) is 5.02 Å². The summed E-state index contributed by atoms with van der Waals surface area (Å²) < 4.78 is 0. The average molecular weight is 429 g/mol. The zero-order valence-electron chi connectivity index (χ0n) is 17.2. The fraction of sp³-hybridized carbons (Fsp3) is 0.318. The molecular weight excluding hydrogens is 404 g/mol. The van der Waals surface area contributed by atoms with Crippen molar-refractivity contribution in [1.29, 1.82) is 0 Å². The number of carbonyl (C=O) groups is 3. The average Bonchev–Trinajstić information content (AvgIpc) is 2.78. The molecule has 0 bridgehead atoms. The molecule has 2 aromatic carbocycles. The van der Waals surface area contributed by atoms with Crippen molar-refractivity contribution in [2.24, 2.45) is 0 Å². The number of hydrogen-bond donors (Lipinski definition) is 2. The fourth-order valence-corrected chi connectivity index (χ4v) is 3.67. The van der Waals surface area contributed by atoms with Gasteiger partial charge in [0, 0.05) is 23.2 Å². The Kier molecular flexibility index (Phi) is 6.74. The quantitative estimate of drug-likeness (QED) is 0.765. The van der Waals surface area contributed by atoms with Crippen LogP contribution in [-0.4, -0.2) is 48.8 Å². The van der Waals surface area contributed by atoms with Gasteiger partial charge in [0.2, 0.25) is 17.7 Å². The second kappa shape index (κ2) is 9.28. The van der Waals surface area contributed by atoms with Crippen molar-refractivity contribution >= 4 is 46.4 Å². The molecule has 2 N–H and O–H groups in total. The summed E-state index contributed by atoms with van der Waals surface area (Å²) in [5.41, 5.74) is 2.82. The summed E-state index contributed by atoms with van der Waals surface area (Å²) in [6.07, 6.45) is 0.207. The SMILES string of the molecule is Cc1ccc(Cl)cc1NC(=O)CN(C)CC(=O)N1c2ccccc2NC(=O)C[C@H]1C. The Labute approximate surface area is 181 Å². The highest BCUT2D eigenvalue weighted by Crippen LogP contribution is 2.31. The molecule has 0 unspecified atom stereocenters. The number of fused-ring (bicyclic) bond motifs is 1. The third-order valence-electron chi connectivity index (χ3n) is 4.92. The number of nitrogens with zero attached hydrogens (tertiary/aromatic N) is 2. The van der Waals surface area contributed by atoms with Gasteiger partial charge in [-0.1, -0.05) is 29.8 Å². The molecule has 7 nitrogen and oxygen atoms in total. The van der Waals surface area contributed by atoms with E-state index in [9.17, 15) is 14.4 Å². The van der Waals surface area contributed by atoms with Crippen molar-refractivity contribution in [3.63, 3.8) is 0 Å². The normalized spacial score (nSPS) is 16.0. The van der Waals surface area contributed by atoms with E-state index < -0.39 is 0 Å². The molecule has 158 valence electrons. The van der Waals surface area contributed by atoms with Crippen LogP contribution in [0, 0.1) is 6.92 Å². The van der Waals surface area contributed by atoms with Crippen molar-refractivity contribution in [1.82, 2.24) is 4.90 Å². The van der Waals surface area contributed by atoms with Crippen LogP contribution in [0.3, 0.4) is 0 Å². The van der Waals surface area contributed by atoms with E-state index in [1.54, 1.807) is 35.0 Å². The lowest BCUT2D eigenvalue weighted by atomic mass is 10.1. The van der Waals surface area contributed by atoms with Gasteiger partial charge in [-0.15, -0.1) is 0 Å². The van der Waals surface area contributed by atoms with Crippen LogP contribution in [0.1, 0.15) is 18.9 Å². The summed E-state index contributed by atoms with van der Waals surface area (Å²) in [6.45, 7) is 3.80. The van der Waals surface area contributed by atoms with Crippen LogP contribution in [0.15, 0.2) is 42.5 Å². The van der Waals surface area contributed by atoms with Crippen LogP contribution in [-0.2, 0) is 14.4 Å². The number of likely N-dealkylation sites (N-methyl/N-ethyl adjacent to an activating group) is 1. The second-order valence-electron chi connectivity index (χ2n) is 7.56. The molecule has 1 heterocycles. The summed E-state index contributed by atoms with van der Waals surface area (Å²) in [4.78, 5) is 40.9. The number of aryl methyl sites for hydroxylation is 1. The highest BCUT2D eigenvalue weighted by molar-refractivity contribution is 6.31. The first-order valence-electron chi connectivity index (χ1n) is 9.70. The predicted molar refractivity (Wildman–Crippen MR) is 119 cm³/mol. The van der Waals surface area contributed by atoms with E-state index in [4.69, 9.17) is 11.6 Å². The lowest BCUT2D eigenvalue weighted by Crippen LogP contribution is -2.45. The van der Waals surface area contributed by atoms with Gasteiger partial charge in [0.1, 0.15) is 0 Å². The van der Waals surface area contributed by atoms with E-state index in [0.29, 0.717) is 22.1 Å². The monoisotopic (exact) mass is 428 g/mol. The summed E-state index contributed by atoms with van der Waals surface area (Å²) >= 11 is 6.00. The molecule has 0 saturated carbocycles. The topological polar surface area (TPSA) is 81.8 Å². The molecule has 2 aromatic rings. The zero-order valence-corrected chi connectivity index (χ0v) is 18.0. The minimum Gasteiger partial charge on any atom is -0.325 e. The van der Waals surface area contributed by atoms with Crippen molar-refractivity contribution < 1.29 is 14.4 Å². The van der Waals surface area contributed by atoms with Crippen LogP contribution >= 0.6 is 11.6 Å². The molecule has 8 heteroatoms. The van der Waals surface area contributed by atoms with Gasteiger partial charge in [0.15, 0.2) is 0 Å². The van der Waals surface area contributed by atoms with Gasteiger partial charge in [-0.2, -0.15) is 0 Å². The molecule has 1 aliphatic heterocycles. The Morgan fingerprint density at radius 1 is 1.23 bits per heavy atom. The number of amides is 3. The van der Waals surface area contributed by atoms with Gasteiger partial charge in [0.25, 0.3) is 0 Å². The third kappa shape index (κ3) is 5.17. The summed E-state index contributed by atoms with van der Waals surface area (Å²) in [6, 6.07) is 12.2. The Morgan fingerprint density at radius 2 is 1.97 bits per heavy atom. The number of para-hydroxylation sites is 2. The summed E-state index contributed by atoms with van der Waals surface area (Å²) in [5.74, 6) is -0.549. The molecule has 0 saturated heterocycles. The van der Waals surface area contributed by atoms with Crippen LogP contribution in [0.5, 0.6) is 0 Å². The number of benzene rings is 2. The highest BCUT2D eigenvalue weighted by Gasteiger charge is 2.30. The van der Waals surface area contributed by atoms with Crippen molar-refractivity contribution in [3.05, 3.63) is 53.1 Å². The van der Waals surface area contributed by atoms with E-state index in [2.05, 4.69) is 10.6 Å². The largest absolute Gasteiger partial charge is 0.325 e. The number of anilines is 3. The zero-order chi connectivity index (χ0) is 21.8. The Morgan fingerprint density at radius 3 is 2.73 bits per heavy atom. The summed E-state index contributed by atoms with van der Waals surface area (Å²) in [7, 11) is 1.71. The number of halogens is 1. The summed E-state index contributed by atoms with van der Waals surface area (Å²) in [5, 5.41) is 6.21. The van der Waals surface area contributed by atoms with Gasteiger partial charge >= 0.3 is 0 Å². The van der Waals surface area contributed by atoms with Gasteiger partial charge in [-0.05, 0) is 50.7 Å². The lowest BCUT2D eigenvalue weighted by molar-refractivity contribution is -0.121. The number of nitrogens with one attached hydrogen (secondary N) is 2. The molecule has 3 rings (SSSR count). The maximum Gasteiger partial charge on any atom is 0.241 e. The van der Waals surface area contributed by atoms with Gasteiger partial charge < -0.3 is 15.5 Å². The van der Waals surface area contributed by atoms with Crippen LogP contribution in [0.4, 0.5) is 17.1 Å². The number of hydrogen-bond acceptors (Lipinski definition) is 4. The van der Waals surface area contributed by atoms with E-state index >= 15 is 0 Å².